The maximum Gasteiger partial charge on any atom is 0.335 e. The first-order chi connectivity index (χ1) is 21.9. The number of nitrogen functional groups attached to an aromatic ring is 1. The number of amides is 1. The van der Waals surface area contributed by atoms with Crippen LogP contribution in [-0.2, 0) is 11.3 Å². The van der Waals surface area contributed by atoms with E-state index in [4.69, 9.17) is 10.5 Å². The van der Waals surface area contributed by atoms with Crippen LogP contribution < -0.4 is 21.5 Å². The van der Waals surface area contributed by atoms with Gasteiger partial charge in [-0.15, -0.1) is 0 Å². The molecule has 46 heavy (non-hydrogen) atoms. The SMILES string of the molecule is CC(C)(CNC(=O)C(C#N)=CC(C)(C)N1CCC(O)CC1)Cn1c(=O)n(-c2ccc(Oc3ccccc3)cc2)c2c(N)ncnc21. The number of imidazole rings is 1. The Bertz CT molecular complexity index is 1830. The van der Waals surface area contributed by atoms with Gasteiger partial charge in [-0.05, 0) is 69.2 Å². The van der Waals surface area contributed by atoms with Crippen LogP contribution >= 0.6 is 0 Å². The van der Waals surface area contributed by atoms with Crippen LogP contribution in [0.3, 0.4) is 0 Å². The number of benzene rings is 2. The van der Waals surface area contributed by atoms with Gasteiger partial charge in [0.05, 0.1) is 11.8 Å². The van der Waals surface area contributed by atoms with Crippen LogP contribution in [0, 0.1) is 16.7 Å². The summed E-state index contributed by atoms with van der Waals surface area (Å²) in [5.74, 6) is 0.975. The summed E-state index contributed by atoms with van der Waals surface area (Å²) in [6, 6.07) is 18.5. The fourth-order valence-electron chi connectivity index (χ4n) is 5.71. The summed E-state index contributed by atoms with van der Waals surface area (Å²) in [6.07, 6.45) is 3.99. The van der Waals surface area contributed by atoms with Crippen LogP contribution in [0.5, 0.6) is 11.5 Å². The third-order valence-electron chi connectivity index (χ3n) is 8.26. The van der Waals surface area contributed by atoms with Gasteiger partial charge in [0, 0.05) is 37.1 Å². The molecule has 4 aromatic rings. The van der Waals surface area contributed by atoms with Gasteiger partial charge in [0.15, 0.2) is 11.5 Å². The van der Waals surface area contributed by atoms with Crippen LogP contribution in [0.15, 0.2) is 77.4 Å². The molecule has 2 aromatic carbocycles. The summed E-state index contributed by atoms with van der Waals surface area (Å²) in [5.41, 5.74) is 6.08. The number of nitrogens with two attached hydrogens (primary N) is 1. The van der Waals surface area contributed by atoms with Gasteiger partial charge in [-0.25, -0.2) is 14.8 Å². The van der Waals surface area contributed by atoms with Crippen LogP contribution in [0.25, 0.3) is 16.9 Å². The van der Waals surface area contributed by atoms with Crippen LogP contribution in [0.1, 0.15) is 40.5 Å². The Balaban J connectivity index is 1.35. The summed E-state index contributed by atoms with van der Waals surface area (Å²) in [7, 11) is 0. The second-order valence-corrected chi connectivity index (χ2v) is 12.9. The van der Waals surface area contributed by atoms with E-state index in [-0.39, 0.29) is 36.3 Å². The van der Waals surface area contributed by atoms with Gasteiger partial charge in [0.2, 0.25) is 0 Å². The highest BCUT2D eigenvalue weighted by Gasteiger charge is 2.31. The standard InChI is InChI=1S/C34H40N8O4/c1-33(2,20-37-31(44)23(19-35)18-34(3,4)40-16-14-25(43)15-17-40)21-41-30-28(29(36)38-22-39-30)42(32(41)45)24-10-12-27(13-11-24)46-26-8-6-5-7-9-26/h5-13,18,22,25,43H,14-17,20-21H2,1-4H3,(H,37,44)(H2,36,38,39). The molecule has 240 valence electrons. The van der Waals surface area contributed by atoms with Crippen LogP contribution in [-0.4, -0.2) is 66.3 Å². The second kappa shape index (κ2) is 13.2. The molecule has 0 saturated carbocycles. The van der Waals surface area contributed by atoms with Gasteiger partial charge in [0.25, 0.3) is 5.91 Å². The number of piperidine rings is 1. The Morgan fingerprint density at radius 3 is 2.39 bits per heavy atom. The van der Waals surface area contributed by atoms with Crippen molar-refractivity contribution in [1.82, 2.24) is 29.3 Å². The first-order valence-corrected chi connectivity index (χ1v) is 15.3. The normalized spacial score (nSPS) is 15.1. The number of fused-ring (bicyclic) bond motifs is 1. The predicted octanol–water partition coefficient (Wildman–Crippen LogP) is 3.78. The molecule has 0 spiro atoms. The second-order valence-electron chi connectivity index (χ2n) is 12.9. The lowest BCUT2D eigenvalue weighted by atomic mass is 9.92. The molecule has 1 saturated heterocycles. The van der Waals surface area contributed by atoms with Gasteiger partial charge in [-0.2, -0.15) is 5.26 Å². The molecule has 1 aliphatic rings. The fourth-order valence-corrected chi connectivity index (χ4v) is 5.71. The zero-order chi connectivity index (χ0) is 33.1. The third kappa shape index (κ3) is 7.11. The van der Waals surface area contributed by atoms with E-state index in [0.29, 0.717) is 54.3 Å². The number of nitrogens with one attached hydrogen (secondary N) is 1. The van der Waals surface area contributed by atoms with E-state index in [9.17, 15) is 20.0 Å². The van der Waals surface area contributed by atoms with Crippen molar-refractivity contribution < 1.29 is 14.6 Å². The Kier molecular flexibility index (Phi) is 9.27. The molecule has 5 rings (SSSR count). The summed E-state index contributed by atoms with van der Waals surface area (Å²) in [6.45, 7) is 9.50. The molecule has 0 atom stereocenters. The van der Waals surface area contributed by atoms with Crippen molar-refractivity contribution in [3.8, 4) is 23.3 Å². The van der Waals surface area contributed by atoms with E-state index in [1.54, 1.807) is 30.3 Å². The van der Waals surface area contributed by atoms with E-state index >= 15 is 0 Å². The average molecular weight is 625 g/mol. The molecule has 0 radical (unpaired) electrons. The Hall–Kier alpha value is -4.99. The van der Waals surface area contributed by atoms with Gasteiger partial charge < -0.3 is 20.9 Å². The van der Waals surface area contributed by atoms with Gasteiger partial charge in [0.1, 0.15) is 35.0 Å². The summed E-state index contributed by atoms with van der Waals surface area (Å²) < 4.78 is 8.91. The molecule has 12 heteroatoms. The number of aliphatic hydroxyl groups is 1. The number of rotatable bonds is 10. The smallest absolute Gasteiger partial charge is 0.335 e. The Morgan fingerprint density at radius 2 is 1.74 bits per heavy atom. The number of carbonyl (C=O) groups excluding carboxylic acids is 1. The number of para-hydroxylation sites is 1. The zero-order valence-corrected chi connectivity index (χ0v) is 26.6. The van der Waals surface area contributed by atoms with Crippen molar-refractivity contribution in [3.63, 3.8) is 0 Å². The number of anilines is 1. The number of aliphatic hydroxyl groups excluding tert-OH is 1. The topological polar surface area (TPSA) is 164 Å². The maximum absolute atomic E-state index is 13.9. The predicted molar refractivity (Wildman–Crippen MR) is 175 cm³/mol. The number of ether oxygens (including phenoxy) is 1. The van der Waals surface area contributed by atoms with Crippen molar-refractivity contribution in [2.75, 3.05) is 25.4 Å². The number of aromatic nitrogens is 4. The molecular formula is C34H40N8O4. The lowest BCUT2D eigenvalue weighted by Crippen LogP contribution is -2.48. The van der Waals surface area contributed by atoms with E-state index in [1.807, 2.05) is 64.1 Å². The molecule has 1 fully saturated rings. The Morgan fingerprint density at radius 1 is 1.09 bits per heavy atom. The molecule has 1 aliphatic heterocycles. The van der Waals surface area contributed by atoms with Crippen molar-refractivity contribution in [2.24, 2.45) is 5.41 Å². The summed E-state index contributed by atoms with van der Waals surface area (Å²) in [5, 5.41) is 22.6. The molecule has 0 unspecified atom stereocenters. The van der Waals surface area contributed by atoms with Crippen molar-refractivity contribution in [1.29, 1.82) is 5.26 Å². The van der Waals surface area contributed by atoms with Crippen LogP contribution in [0.2, 0.25) is 0 Å². The molecule has 1 amide bonds. The molecule has 0 bridgehead atoms. The highest BCUT2D eigenvalue weighted by atomic mass is 16.5. The van der Waals surface area contributed by atoms with E-state index in [2.05, 4.69) is 20.2 Å². The minimum atomic E-state index is -0.620. The quantitative estimate of drug-likeness (QED) is 0.176. The molecule has 4 N–H and O–H groups in total. The monoisotopic (exact) mass is 624 g/mol. The Labute approximate surface area is 267 Å². The van der Waals surface area contributed by atoms with Crippen molar-refractivity contribution in [2.45, 2.75) is 58.7 Å². The minimum Gasteiger partial charge on any atom is -0.457 e. The number of nitrogens with zero attached hydrogens (tertiary/aromatic N) is 6. The van der Waals surface area contributed by atoms with Gasteiger partial charge in [-0.3, -0.25) is 18.8 Å². The fraction of sp³-hybridized carbons (Fsp3) is 0.382. The average Bonchev–Trinajstić information content (AvgIpc) is 3.31. The highest BCUT2D eigenvalue weighted by Crippen LogP contribution is 2.27. The minimum absolute atomic E-state index is 0.0147. The zero-order valence-electron chi connectivity index (χ0n) is 26.6. The van der Waals surface area contributed by atoms with E-state index in [1.165, 1.54) is 15.5 Å². The number of likely N-dealkylation sites (tertiary alicyclic amines) is 1. The highest BCUT2D eigenvalue weighted by molar-refractivity contribution is 5.97. The molecule has 3 heterocycles. The summed E-state index contributed by atoms with van der Waals surface area (Å²) in [4.78, 5) is 37.8. The molecule has 2 aromatic heterocycles. The number of nitriles is 1. The largest absolute Gasteiger partial charge is 0.457 e. The van der Waals surface area contributed by atoms with E-state index in [0.717, 1.165) is 0 Å². The number of carbonyl (C=O) groups is 1. The third-order valence-corrected chi connectivity index (χ3v) is 8.26. The van der Waals surface area contributed by atoms with Crippen molar-refractivity contribution in [3.05, 3.63) is 83.1 Å². The first kappa shape index (κ1) is 32.4. The maximum atomic E-state index is 13.9. The molecule has 0 aliphatic carbocycles. The first-order valence-electron chi connectivity index (χ1n) is 15.3. The van der Waals surface area contributed by atoms with E-state index < -0.39 is 16.9 Å². The summed E-state index contributed by atoms with van der Waals surface area (Å²) >= 11 is 0. The number of hydrogen-bond acceptors (Lipinski definition) is 9. The molecule has 12 nitrogen and oxygen atoms in total. The molecular weight excluding hydrogens is 584 g/mol. The van der Waals surface area contributed by atoms with Gasteiger partial charge >= 0.3 is 5.69 Å². The van der Waals surface area contributed by atoms with Gasteiger partial charge in [-0.1, -0.05) is 32.0 Å². The lowest BCUT2D eigenvalue weighted by Gasteiger charge is -2.40. The van der Waals surface area contributed by atoms with Crippen LogP contribution in [0.4, 0.5) is 5.82 Å². The lowest BCUT2D eigenvalue weighted by molar-refractivity contribution is -0.117. The van der Waals surface area contributed by atoms with Crippen molar-refractivity contribution >= 4 is 22.9 Å². The number of hydrogen-bond donors (Lipinski definition) is 3.